The number of rotatable bonds is 3. The zero-order chi connectivity index (χ0) is 17.4. The van der Waals surface area contributed by atoms with Gasteiger partial charge in [0.05, 0.1) is 10.6 Å². The monoisotopic (exact) mass is 354 g/mol. The number of hydrogen-bond donors (Lipinski definition) is 1. The van der Waals surface area contributed by atoms with Gasteiger partial charge in [-0.2, -0.15) is 0 Å². The summed E-state index contributed by atoms with van der Waals surface area (Å²) in [5, 5.41) is 3.33. The summed E-state index contributed by atoms with van der Waals surface area (Å²) >= 11 is 6.09. The zero-order valence-electron chi connectivity index (χ0n) is 13.8. The molecule has 1 heterocycles. The van der Waals surface area contributed by atoms with Gasteiger partial charge in [0.1, 0.15) is 0 Å². The molecular weight excluding hydrogens is 336 g/mol. The van der Waals surface area contributed by atoms with E-state index in [1.807, 2.05) is 23.1 Å². The first-order valence-corrected chi connectivity index (χ1v) is 9.01. The summed E-state index contributed by atoms with van der Waals surface area (Å²) in [6.07, 6.45) is 3.89. The predicted molar refractivity (Wildman–Crippen MR) is 99.2 cm³/mol. The molecule has 1 aliphatic heterocycles. The Hall–Kier alpha value is -2.33. The van der Waals surface area contributed by atoms with E-state index in [0.29, 0.717) is 10.6 Å². The molecule has 0 radical (unpaired) electrons. The standard InChI is InChI=1S/C20H19ClN2O2/c21-17-6-2-1-5-16(17)19(24)22-15-9-10-18-14(12-15)4-3-11-23(18)20(25)13-7-8-13/h1-2,5-6,9-10,12-13H,3-4,7-8,11H2,(H,22,24). The van der Waals surface area contributed by atoms with E-state index < -0.39 is 0 Å². The Balaban J connectivity index is 1.56. The molecule has 0 saturated heterocycles. The number of anilines is 2. The molecule has 1 fully saturated rings. The van der Waals surface area contributed by atoms with Gasteiger partial charge in [0, 0.05) is 23.8 Å². The molecule has 25 heavy (non-hydrogen) atoms. The number of aryl methyl sites for hydroxylation is 1. The molecule has 1 saturated carbocycles. The Morgan fingerprint density at radius 1 is 1.12 bits per heavy atom. The second kappa shape index (κ2) is 6.52. The van der Waals surface area contributed by atoms with Crippen molar-refractivity contribution >= 4 is 34.8 Å². The van der Waals surface area contributed by atoms with Crippen LogP contribution in [0, 0.1) is 5.92 Å². The second-order valence-electron chi connectivity index (χ2n) is 6.65. The lowest BCUT2D eigenvalue weighted by molar-refractivity contribution is -0.119. The van der Waals surface area contributed by atoms with Crippen LogP contribution in [-0.2, 0) is 11.2 Å². The van der Waals surface area contributed by atoms with Crippen molar-refractivity contribution in [3.63, 3.8) is 0 Å². The SMILES string of the molecule is O=C(Nc1ccc2c(c1)CCCN2C(=O)C1CC1)c1ccccc1Cl. The van der Waals surface area contributed by atoms with E-state index in [9.17, 15) is 9.59 Å². The van der Waals surface area contributed by atoms with E-state index in [2.05, 4.69) is 5.32 Å². The van der Waals surface area contributed by atoms with Crippen molar-refractivity contribution in [2.75, 3.05) is 16.8 Å². The smallest absolute Gasteiger partial charge is 0.257 e. The van der Waals surface area contributed by atoms with Crippen LogP contribution in [0.25, 0.3) is 0 Å². The van der Waals surface area contributed by atoms with Crippen molar-refractivity contribution in [3.05, 3.63) is 58.6 Å². The van der Waals surface area contributed by atoms with Gasteiger partial charge in [0.15, 0.2) is 0 Å². The minimum atomic E-state index is -0.229. The molecule has 4 nitrogen and oxygen atoms in total. The quantitative estimate of drug-likeness (QED) is 0.894. The minimum absolute atomic E-state index is 0.213. The molecule has 0 spiro atoms. The van der Waals surface area contributed by atoms with Gasteiger partial charge in [-0.05, 0) is 61.6 Å². The van der Waals surface area contributed by atoms with Crippen LogP contribution in [0.4, 0.5) is 11.4 Å². The topological polar surface area (TPSA) is 49.4 Å². The van der Waals surface area contributed by atoms with Gasteiger partial charge in [-0.1, -0.05) is 23.7 Å². The summed E-state index contributed by atoms with van der Waals surface area (Å²) in [5.74, 6) is 0.228. The van der Waals surface area contributed by atoms with Gasteiger partial charge < -0.3 is 10.2 Å². The highest BCUT2D eigenvalue weighted by Crippen LogP contribution is 2.36. The summed E-state index contributed by atoms with van der Waals surface area (Å²) in [5.41, 5.74) is 3.27. The largest absolute Gasteiger partial charge is 0.322 e. The molecule has 128 valence electrons. The highest BCUT2D eigenvalue weighted by atomic mass is 35.5. The lowest BCUT2D eigenvalue weighted by Crippen LogP contribution is -2.36. The van der Waals surface area contributed by atoms with Crippen molar-refractivity contribution in [2.45, 2.75) is 25.7 Å². The average molecular weight is 355 g/mol. The molecule has 0 bridgehead atoms. The molecule has 2 amide bonds. The highest BCUT2D eigenvalue weighted by molar-refractivity contribution is 6.34. The van der Waals surface area contributed by atoms with Crippen LogP contribution in [0.2, 0.25) is 5.02 Å². The van der Waals surface area contributed by atoms with Crippen LogP contribution in [0.3, 0.4) is 0 Å². The van der Waals surface area contributed by atoms with Gasteiger partial charge in [0.25, 0.3) is 5.91 Å². The minimum Gasteiger partial charge on any atom is -0.322 e. The van der Waals surface area contributed by atoms with Crippen LogP contribution >= 0.6 is 11.6 Å². The molecule has 0 unspecified atom stereocenters. The number of hydrogen-bond acceptors (Lipinski definition) is 2. The van der Waals surface area contributed by atoms with Crippen molar-refractivity contribution in [3.8, 4) is 0 Å². The number of fused-ring (bicyclic) bond motifs is 1. The van der Waals surface area contributed by atoms with Crippen LogP contribution in [-0.4, -0.2) is 18.4 Å². The van der Waals surface area contributed by atoms with Crippen molar-refractivity contribution in [2.24, 2.45) is 5.92 Å². The number of nitrogens with one attached hydrogen (secondary N) is 1. The Morgan fingerprint density at radius 2 is 1.92 bits per heavy atom. The van der Waals surface area contributed by atoms with Crippen molar-refractivity contribution in [1.29, 1.82) is 0 Å². The van der Waals surface area contributed by atoms with Crippen LogP contribution in [0.5, 0.6) is 0 Å². The lowest BCUT2D eigenvalue weighted by atomic mass is 10.00. The van der Waals surface area contributed by atoms with Gasteiger partial charge in [-0.15, -0.1) is 0 Å². The predicted octanol–water partition coefficient (Wildman–Crippen LogP) is 4.28. The Kier molecular flexibility index (Phi) is 4.22. The third-order valence-corrected chi connectivity index (χ3v) is 5.10. The fraction of sp³-hybridized carbons (Fsp3) is 0.300. The molecule has 4 rings (SSSR count). The number of nitrogens with zero attached hydrogens (tertiary/aromatic N) is 1. The first kappa shape index (κ1) is 16.2. The summed E-state index contributed by atoms with van der Waals surface area (Å²) in [4.78, 5) is 26.8. The Morgan fingerprint density at radius 3 is 2.68 bits per heavy atom. The summed E-state index contributed by atoms with van der Waals surface area (Å²) < 4.78 is 0. The van der Waals surface area contributed by atoms with Gasteiger partial charge in [-0.3, -0.25) is 9.59 Å². The molecule has 1 N–H and O–H groups in total. The number of benzene rings is 2. The maximum Gasteiger partial charge on any atom is 0.257 e. The van der Waals surface area contributed by atoms with Gasteiger partial charge in [-0.25, -0.2) is 0 Å². The van der Waals surface area contributed by atoms with E-state index in [1.54, 1.807) is 24.3 Å². The van der Waals surface area contributed by atoms with E-state index in [4.69, 9.17) is 11.6 Å². The molecule has 2 aromatic carbocycles. The fourth-order valence-electron chi connectivity index (χ4n) is 3.30. The third kappa shape index (κ3) is 3.27. The normalized spacial score (nSPS) is 16.3. The second-order valence-corrected chi connectivity index (χ2v) is 7.05. The number of halogens is 1. The number of carbonyl (C=O) groups excluding carboxylic acids is 2. The van der Waals surface area contributed by atoms with Crippen molar-refractivity contribution < 1.29 is 9.59 Å². The van der Waals surface area contributed by atoms with E-state index in [0.717, 1.165) is 49.2 Å². The average Bonchev–Trinajstić information content (AvgIpc) is 3.46. The number of carbonyl (C=O) groups is 2. The van der Waals surface area contributed by atoms with Crippen LogP contribution in [0.15, 0.2) is 42.5 Å². The van der Waals surface area contributed by atoms with E-state index in [1.165, 1.54) is 0 Å². The molecule has 0 aromatic heterocycles. The van der Waals surface area contributed by atoms with Gasteiger partial charge in [0.2, 0.25) is 5.91 Å². The Labute approximate surface area is 151 Å². The zero-order valence-corrected chi connectivity index (χ0v) is 14.6. The number of amides is 2. The summed E-state index contributed by atoms with van der Waals surface area (Å²) in [7, 11) is 0. The Bertz CT molecular complexity index is 845. The molecular formula is C20H19ClN2O2. The van der Waals surface area contributed by atoms with Gasteiger partial charge >= 0.3 is 0 Å². The summed E-state index contributed by atoms with van der Waals surface area (Å²) in [6.45, 7) is 0.785. The first-order valence-electron chi connectivity index (χ1n) is 8.63. The molecule has 0 atom stereocenters. The maximum atomic E-state index is 12.4. The lowest BCUT2D eigenvalue weighted by Gasteiger charge is -2.30. The molecule has 2 aromatic rings. The first-order chi connectivity index (χ1) is 12.1. The summed E-state index contributed by atoms with van der Waals surface area (Å²) in [6, 6.07) is 12.7. The highest BCUT2D eigenvalue weighted by Gasteiger charge is 2.35. The molecule has 2 aliphatic rings. The third-order valence-electron chi connectivity index (χ3n) is 4.77. The van der Waals surface area contributed by atoms with Crippen LogP contribution < -0.4 is 10.2 Å². The van der Waals surface area contributed by atoms with Crippen molar-refractivity contribution in [1.82, 2.24) is 0 Å². The van der Waals surface area contributed by atoms with E-state index in [-0.39, 0.29) is 17.7 Å². The van der Waals surface area contributed by atoms with E-state index >= 15 is 0 Å². The molecule has 5 heteroatoms. The maximum absolute atomic E-state index is 12.4. The fourth-order valence-corrected chi connectivity index (χ4v) is 3.52. The molecule has 1 aliphatic carbocycles. The van der Waals surface area contributed by atoms with Crippen LogP contribution in [0.1, 0.15) is 35.2 Å².